The van der Waals surface area contributed by atoms with Crippen LogP contribution in [0.5, 0.6) is 0 Å². The summed E-state index contributed by atoms with van der Waals surface area (Å²) >= 11 is 0. The first-order valence-electron chi connectivity index (χ1n) is 4.57. The van der Waals surface area contributed by atoms with Crippen LogP contribution in [0, 0.1) is 17.8 Å². The van der Waals surface area contributed by atoms with E-state index in [4.69, 9.17) is 5.11 Å². The minimum absolute atomic E-state index is 0.351. The molecule has 0 radical (unpaired) electrons. The Morgan fingerprint density at radius 3 is 2.64 bits per heavy atom. The van der Waals surface area contributed by atoms with Gasteiger partial charge < -0.3 is 10.4 Å². The van der Waals surface area contributed by atoms with Crippen molar-refractivity contribution in [3.05, 3.63) is 0 Å². The molecule has 0 aromatic heterocycles. The summed E-state index contributed by atoms with van der Waals surface area (Å²) in [7, 11) is 0. The maximum absolute atomic E-state index is 9.13. The van der Waals surface area contributed by atoms with Gasteiger partial charge in [-0.05, 0) is 37.3 Å². The van der Waals surface area contributed by atoms with Gasteiger partial charge in [0.15, 0.2) is 0 Å². The van der Waals surface area contributed by atoms with Crippen LogP contribution in [0.1, 0.15) is 20.3 Å². The van der Waals surface area contributed by atoms with Crippen molar-refractivity contribution in [1.29, 1.82) is 0 Å². The van der Waals surface area contributed by atoms with Crippen molar-refractivity contribution in [3.8, 4) is 0 Å². The Morgan fingerprint density at radius 2 is 2.27 bits per heavy atom. The molecule has 0 aromatic rings. The van der Waals surface area contributed by atoms with Crippen LogP contribution in [0.25, 0.3) is 0 Å². The molecular formula is C9H19NO. The van der Waals surface area contributed by atoms with Crippen LogP contribution in [0.2, 0.25) is 0 Å². The second kappa shape index (κ2) is 4.07. The van der Waals surface area contributed by atoms with E-state index in [1.54, 1.807) is 0 Å². The van der Waals surface area contributed by atoms with Gasteiger partial charge in [0.2, 0.25) is 0 Å². The quantitative estimate of drug-likeness (QED) is 0.637. The smallest absolute Gasteiger partial charge is 0.0464 e. The average Bonchev–Trinajstić information content (AvgIpc) is 2.40. The molecule has 0 amide bonds. The highest BCUT2D eigenvalue weighted by Gasteiger charge is 2.26. The Hall–Kier alpha value is -0.0800. The first-order valence-corrected chi connectivity index (χ1v) is 4.57. The third kappa shape index (κ3) is 2.17. The fraction of sp³-hybridized carbons (Fsp3) is 1.00. The van der Waals surface area contributed by atoms with Crippen molar-refractivity contribution < 1.29 is 5.11 Å². The molecule has 1 rings (SSSR count). The number of hydrogen-bond acceptors (Lipinski definition) is 2. The molecule has 66 valence electrons. The van der Waals surface area contributed by atoms with Gasteiger partial charge in [0.1, 0.15) is 0 Å². The lowest BCUT2D eigenvalue weighted by molar-refractivity contribution is 0.142. The highest BCUT2D eigenvalue weighted by molar-refractivity contribution is 4.79. The Kier molecular flexibility index (Phi) is 3.34. The van der Waals surface area contributed by atoms with E-state index in [-0.39, 0.29) is 0 Å². The molecule has 0 aliphatic carbocycles. The van der Waals surface area contributed by atoms with Gasteiger partial charge in [0.25, 0.3) is 0 Å². The lowest BCUT2D eigenvalue weighted by Crippen LogP contribution is -2.25. The SMILES string of the molecule is CC(C)C(CO)C1CCNC1. The number of hydrogen-bond donors (Lipinski definition) is 2. The van der Waals surface area contributed by atoms with Crippen molar-refractivity contribution >= 4 is 0 Å². The van der Waals surface area contributed by atoms with E-state index in [0.29, 0.717) is 24.4 Å². The normalized spacial score (nSPS) is 27.8. The molecule has 1 fully saturated rings. The summed E-state index contributed by atoms with van der Waals surface area (Å²) in [6.45, 7) is 6.97. The predicted molar refractivity (Wildman–Crippen MR) is 46.4 cm³/mol. The first-order chi connectivity index (χ1) is 5.25. The van der Waals surface area contributed by atoms with Crippen molar-refractivity contribution in [2.45, 2.75) is 20.3 Å². The Labute approximate surface area is 69.0 Å². The third-order valence-electron chi connectivity index (χ3n) is 2.77. The van der Waals surface area contributed by atoms with Crippen LogP contribution < -0.4 is 5.32 Å². The zero-order chi connectivity index (χ0) is 8.27. The predicted octanol–water partition coefficient (Wildman–Crippen LogP) is 0.860. The van der Waals surface area contributed by atoms with Crippen molar-refractivity contribution in [1.82, 2.24) is 5.32 Å². The van der Waals surface area contributed by atoms with Crippen molar-refractivity contribution in [3.63, 3.8) is 0 Å². The summed E-state index contributed by atoms with van der Waals surface area (Å²) in [5.74, 6) is 1.83. The van der Waals surface area contributed by atoms with Crippen LogP contribution in [-0.2, 0) is 0 Å². The molecule has 1 heterocycles. The Morgan fingerprint density at radius 1 is 1.55 bits per heavy atom. The van der Waals surface area contributed by atoms with E-state index in [1.165, 1.54) is 6.42 Å². The van der Waals surface area contributed by atoms with Crippen LogP contribution in [0.4, 0.5) is 0 Å². The summed E-state index contributed by atoms with van der Waals surface area (Å²) in [6.07, 6.45) is 1.24. The molecule has 0 bridgehead atoms. The first kappa shape index (κ1) is 9.01. The van der Waals surface area contributed by atoms with E-state index in [1.807, 2.05) is 0 Å². The average molecular weight is 157 g/mol. The van der Waals surface area contributed by atoms with E-state index in [0.717, 1.165) is 13.1 Å². The van der Waals surface area contributed by atoms with Crippen molar-refractivity contribution in [2.24, 2.45) is 17.8 Å². The summed E-state index contributed by atoms with van der Waals surface area (Å²) in [5.41, 5.74) is 0. The largest absolute Gasteiger partial charge is 0.396 e. The highest BCUT2D eigenvalue weighted by Crippen LogP contribution is 2.25. The molecule has 1 saturated heterocycles. The van der Waals surface area contributed by atoms with E-state index >= 15 is 0 Å². The second-order valence-corrected chi connectivity index (χ2v) is 3.84. The number of aliphatic hydroxyl groups excluding tert-OH is 1. The summed E-state index contributed by atoms with van der Waals surface area (Å²) in [4.78, 5) is 0. The van der Waals surface area contributed by atoms with Crippen LogP contribution in [-0.4, -0.2) is 24.8 Å². The maximum atomic E-state index is 9.13. The maximum Gasteiger partial charge on any atom is 0.0464 e. The summed E-state index contributed by atoms with van der Waals surface area (Å²) in [5, 5.41) is 12.5. The molecular weight excluding hydrogens is 138 g/mol. The lowest BCUT2D eigenvalue weighted by atomic mass is 9.83. The van der Waals surface area contributed by atoms with Gasteiger partial charge in [-0.1, -0.05) is 13.8 Å². The molecule has 11 heavy (non-hydrogen) atoms. The van der Waals surface area contributed by atoms with E-state index in [2.05, 4.69) is 19.2 Å². The molecule has 0 aromatic carbocycles. The number of aliphatic hydroxyl groups is 1. The monoisotopic (exact) mass is 157 g/mol. The lowest BCUT2D eigenvalue weighted by Gasteiger charge is -2.24. The van der Waals surface area contributed by atoms with Crippen LogP contribution in [0.3, 0.4) is 0 Å². The topological polar surface area (TPSA) is 32.3 Å². The van der Waals surface area contributed by atoms with E-state index in [9.17, 15) is 0 Å². The van der Waals surface area contributed by atoms with Gasteiger partial charge in [0, 0.05) is 6.61 Å². The van der Waals surface area contributed by atoms with Crippen LogP contribution >= 0.6 is 0 Å². The van der Waals surface area contributed by atoms with Gasteiger partial charge in [-0.3, -0.25) is 0 Å². The summed E-state index contributed by atoms with van der Waals surface area (Å²) in [6, 6.07) is 0. The molecule has 0 saturated carbocycles. The molecule has 2 heteroatoms. The molecule has 2 atom stereocenters. The standard InChI is InChI=1S/C9H19NO/c1-7(2)9(6-11)8-3-4-10-5-8/h7-11H,3-6H2,1-2H3. The number of nitrogens with one attached hydrogen (secondary N) is 1. The Balaban J connectivity index is 2.40. The molecule has 1 aliphatic rings. The third-order valence-corrected chi connectivity index (χ3v) is 2.77. The Bertz CT molecular complexity index is 108. The van der Waals surface area contributed by atoms with Crippen LogP contribution in [0.15, 0.2) is 0 Å². The molecule has 2 nitrogen and oxygen atoms in total. The van der Waals surface area contributed by atoms with Crippen molar-refractivity contribution in [2.75, 3.05) is 19.7 Å². The zero-order valence-electron chi connectivity index (χ0n) is 7.51. The minimum atomic E-state index is 0.351. The number of rotatable bonds is 3. The van der Waals surface area contributed by atoms with E-state index < -0.39 is 0 Å². The van der Waals surface area contributed by atoms with Gasteiger partial charge in [0.05, 0.1) is 0 Å². The second-order valence-electron chi connectivity index (χ2n) is 3.84. The highest BCUT2D eigenvalue weighted by atomic mass is 16.3. The molecule has 0 spiro atoms. The minimum Gasteiger partial charge on any atom is -0.396 e. The zero-order valence-corrected chi connectivity index (χ0v) is 7.51. The molecule has 2 N–H and O–H groups in total. The van der Waals surface area contributed by atoms with Gasteiger partial charge in [-0.25, -0.2) is 0 Å². The molecule has 2 unspecified atom stereocenters. The van der Waals surface area contributed by atoms with Gasteiger partial charge in [-0.15, -0.1) is 0 Å². The summed E-state index contributed by atoms with van der Waals surface area (Å²) < 4.78 is 0. The fourth-order valence-electron chi connectivity index (χ4n) is 1.95. The fourth-order valence-corrected chi connectivity index (χ4v) is 1.95. The van der Waals surface area contributed by atoms with Gasteiger partial charge in [-0.2, -0.15) is 0 Å². The molecule has 1 aliphatic heterocycles. The van der Waals surface area contributed by atoms with Gasteiger partial charge >= 0.3 is 0 Å².